The van der Waals surface area contributed by atoms with Crippen molar-refractivity contribution in [1.82, 2.24) is 9.13 Å². The quantitative estimate of drug-likeness (QED) is 0.178. The fraction of sp³-hybridized carbons (Fsp3) is 0. The van der Waals surface area contributed by atoms with E-state index in [1.807, 2.05) is 0 Å². The molecular formula is C48H32N2. The summed E-state index contributed by atoms with van der Waals surface area (Å²) in [5.74, 6) is 0. The fourth-order valence-corrected chi connectivity index (χ4v) is 7.77. The van der Waals surface area contributed by atoms with E-state index < -0.39 is 0 Å². The standard InChI is InChI=1S/C48H32N2/c1-4-14-33(15-5-1)36-28-37(34-24-26-47-43(31-34)41-20-10-12-22-45(41)49(47)39-16-6-2-7-17-39)30-38(29-36)35-25-27-48-44(32-35)42-21-11-13-23-46(42)50(48)40-18-8-3-9-19-40/h1-32H. The third kappa shape index (κ3) is 4.57. The molecule has 234 valence electrons. The molecule has 0 fully saturated rings. The molecule has 50 heavy (non-hydrogen) atoms. The van der Waals surface area contributed by atoms with Crippen LogP contribution in [0.4, 0.5) is 0 Å². The number of hydrogen-bond acceptors (Lipinski definition) is 0. The second-order valence-electron chi connectivity index (χ2n) is 13.0. The van der Waals surface area contributed by atoms with Crippen molar-refractivity contribution in [2.45, 2.75) is 0 Å². The first-order valence-electron chi connectivity index (χ1n) is 17.2. The van der Waals surface area contributed by atoms with Crippen LogP contribution in [-0.2, 0) is 0 Å². The normalized spacial score (nSPS) is 11.6. The van der Waals surface area contributed by atoms with E-state index in [0.717, 1.165) is 0 Å². The van der Waals surface area contributed by atoms with Gasteiger partial charge in [-0.25, -0.2) is 0 Å². The summed E-state index contributed by atoms with van der Waals surface area (Å²) in [4.78, 5) is 0. The first-order chi connectivity index (χ1) is 24.8. The SMILES string of the molecule is c1ccc(-c2cc(-c3ccc4c(c3)c3ccccc3n4-c3ccccc3)cc(-c3ccc4c(c3)c3ccccc3n4-c3ccccc3)c2)cc1. The molecule has 10 rings (SSSR count). The van der Waals surface area contributed by atoms with Gasteiger partial charge in [-0.05, 0) is 112 Å². The van der Waals surface area contributed by atoms with Crippen LogP contribution in [0, 0.1) is 0 Å². The molecule has 0 unspecified atom stereocenters. The molecule has 0 spiro atoms. The van der Waals surface area contributed by atoms with Gasteiger partial charge in [0.05, 0.1) is 22.1 Å². The Balaban J connectivity index is 1.18. The second-order valence-corrected chi connectivity index (χ2v) is 13.0. The van der Waals surface area contributed by atoms with Gasteiger partial charge in [0.1, 0.15) is 0 Å². The third-order valence-corrected chi connectivity index (χ3v) is 10.1. The number of benzene rings is 8. The molecule has 0 bridgehead atoms. The summed E-state index contributed by atoms with van der Waals surface area (Å²) < 4.78 is 4.75. The summed E-state index contributed by atoms with van der Waals surface area (Å²) in [6, 6.07) is 70.5. The summed E-state index contributed by atoms with van der Waals surface area (Å²) in [7, 11) is 0. The summed E-state index contributed by atoms with van der Waals surface area (Å²) in [5, 5.41) is 5.02. The highest BCUT2D eigenvalue weighted by atomic mass is 15.0. The van der Waals surface area contributed by atoms with Crippen LogP contribution in [0.1, 0.15) is 0 Å². The van der Waals surface area contributed by atoms with E-state index in [-0.39, 0.29) is 0 Å². The van der Waals surface area contributed by atoms with Gasteiger partial charge in [0, 0.05) is 32.9 Å². The summed E-state index contributed by atoms with van der Waals surface area (Å²) in [5.41, 5.74) is 14.4. The van der Waals surface area contributed by atoms with E-state index >= 15 is 0 Å². The lowest BCUT2D eigenvalue weighted by Gasteiger charge is -2.13. The van der Waals surface area contributed by atoms with Gasteiger partial charge >= 0.3 is 0 Å². The van der Waals surface area contributed by atoms with Gasteiger partial charge in [-0.2, -0.15) is 0 Å². The number of rotatable bonds is 5. The van der Waals surface area contributed by atoms with Crippen LogP contribution in [0.2, 0.25) is 0 Å². The van der Waals surface area contributed by atoms with Crippen LogP contribution in [0.25, 0.3) is 88.4 Å². The first kappa shape index (κ1) is 28.4. The number of aromatic nitrogens is 2. The molecule has 2 heteroatoms. The van der Waals surface area contributed by atoms with Crippen molar-refractivity contribution < 1.29 is 0 Å². The molecule has 0 amide bonds. The largest absolute Gasteiger partial charge is 0.309 e. The van der Waals surface area contributed by atoms with E-state index in [4.69, 9.17) is 0 Å². The maximum absolute atomic E-state index is 2.38. The Kier molecular flexibility index (Phi) is 6.53. The summed E-state index contributed by atoms with van der Waals surface area (Å²) >= 11 is 0. The monoisotopic (exact) mass is 636 g/mol. The van der Waals surface area contributed by atoms with Crippen molar-refractivity contribution in [1.29, 1.82) is 0 Å². The average Bonchev–Trinajstić information content (AvgIpc) is 3.71. The molecule has 0 aliphatic heterocycles. The first-order valence-corrected chi connectivity index (χ1v) is 17.2. The van der Waals surface area contributed by atoms with E-state index in [9.17, 15) is 0 Å². The molecule has 2 aromatic heterocycles. The maximum Gasteiger partial charge on any atom is 0.0541 e. The molecule has 8 aromatic carbocycles. The van der Waals surface area contributed by atoms with E-state index in [2.05, 4.69) is 203 Å². The van der Waals surface area contributed by atoms with Crippen molar-refractivity contribution >= 4 is 43.6 Å². The Morgan fingerprint density at radius 3 is 1.04 bits per heavy atom. The van der Waals surface area contributed by atoms with Gasteiger partial charge < -0.3 is 9.13 Å². The van der Waals surface area contributed by atoms with Crippen molar-refractivity contribution in [3.63, 3.8) is 0 Å². The van der Waals surface area contributed by atoms with Crippen LogP contribution in [0.3, 0.4) is 0 Å². The molecule has 2 heterocycles. The Morgan fingerprint density at radius 2 is 0.580 bits per heavy atom. The van der Waals surface area contributed by atoms with Gasteiger partial charge in [-0.15, -0.1) is 0 Å². The minimum absolute atomic E-state index is 1.17. The van der Waals surface area contributed by atoms with Crippen molar-refractivity contribution in [3.05, 3.63) is 194 Å². The molecule has 0 N–H and O–H groups in total. The molecule has 0 saturated carbocycles. The highest BCUT2D eigenvalue weighted by Crippen LogP contribution is 2.40. The summed E-state index contributed by atoms with van der Waals surface area (Å²) in [6.45, 7) is 0. The molecule has 0 aliphatic carbocycles. The maximum atomic E-state index is 2.38. The molecule has 0 atom stereocenters. The van der Waals surface area contributed by atoms with Gasteiger partial charge in [-0.3, -0.25) is 0 Å². The van der Waals surface area contributed by atoms with Gasteiger partial charge in [0.25, 0.3) is 0 Å². The lowest BCUT2D eigenvalue weighted by molar-refractivity contribution is 1.18. The van der Waals surface area contributed by atoms with Crippen LogP contribution < -0.4 is 0 Å². The minimum Gasteiger partial charge on any atom is -0.309 e. The topological polar surface area (TPSA) is 9.86 Å². The predicted octanol–water partition coefficient (Wildman–Crippen LogP) is 12.9. The van der Waals surface area contributed by atoms with E-state index in [0.29, 0.717) is 0 Å². The zero-order valence-electron chi connectivity index (χ0n) is 27.4. The highest BCUT2D eigenvalue weighted by molar-refractivity contribution is 6.12. The van der Waals surface area contributed by atoms with Crippen LogP contribution in [0.5, 0.6) is 0 Å². The molecule has 2 nitrogen and oxygen atoms in total. The number of fused-ring (bicyclic) bond motifs is 6. The molecular weight excluding hydrogens is 605 g/mol. The van der Waals surface area contributed by atoms with Crippen LogP contribution >= 0.6 is 0 Å². The number of nitrogens with zero attached hydrogens (tertiary/aromatic N) is 2. The minimum atomic E-state index is 1.17. The predicted molar refractivity (Wildman–Crippen MR) is 211 cm³/mol. The molecule has 0 radical (unpaired) electrons. The van der Waals surface area contributed by atoms with Crippen LogP contribution in [-0.4, -0.2) is 9.13 Å². The number of para-hydroxylation sites is 4. The second kappa shape index (κ2) is 11.5. The van der Waals surface area contributed by atoms with Crippen molar-refractivity contribution in [2.24, 2.45) is 0 Å². The smallest absolute Gasteiger partial charge is 0.0541 e. The van der Waals surface area contributed by atoms with Gasteiger partial charge in [0.2, 0.25) is 0 Å². The zero-order chi connectivity index (χ0) is 33.0. The zero-order valence-corrected chi connectivity index (χ0v) is 27.4. The molecule has 0 saturated heterocycles. The average molecular weight is 637 g/mol. The highest BCUT2D eigenvalue weighted by Gasteiger charge is 2.16. The van der Waals surface area contributed by atoms with Crippen molar-refractivity contribution in [2.75, 3.05) is 0 Å². The van der Waals surface area contributed by atoms with E-state index in [1.54, 1.807) is 0 Å². The Hall–Kier alpha value is -6.64. The van der Waals surface area contributed by atoms with Gasteiger partial charge in [-0.1, -0.05) is 115 Å². The molecule has 0 aliphatic rings. The third-order valence-electron chi connectivity index (χ3n) is 10.1. The Labute approximate surface area is 290 Å². The number of hydrogen-bond donors (Lipinski definition) is 0. The van der Waals surface area contributed by atoms with Gasteiger partial charge in [0.15, 0.2) is 0 Å². The van der Waals surface area contributed by atoms with Crippen LogP contribution in [0.15, 0.2) is 194 Å². The lowest BCUT2D eigenvalue weighted by Crippen LogP contribution is -1.93. The van der Waals surface area contributed by atoms with E-state index in [1.165, 1.54) is 88.4 Å². The lowest BCUT2D eigenvalue weighted by atomic mass is 9.92. The summed E-state index contributed by atoms with van der Waals surface area (Å²) in [6.07, 6.45) is 0. The fourth-order valence-electron chi connectivity index (χ4n) is 7.77. The van der Waals surface area contributed by atoms with Crippen molar-refractivity contribution in [3.8, 4) is 44.8 Å². The molecule has 10 aromatic rings. The Bertz CT molecular complexity index is 2670. The Morgan fingerprint density at radius 1 is 0.220 bits per heavy atom.